The van der Waals surface area contributed by atoms with Crippen molar-refractivity contribution in [3.8, 4) is 17.6 Å². The number of phosphoric acid groups is 1. The van der Waals surface area contributed by atoms with E-state index in [0.717, 1.165) is 57.2 Å². The average Bonchev–Trinajstić information content (AvgIpc) is 3.03. The Morgan fingerprint density at radius 3 is 2.29 bits per heavy atom. The van der Waals surface area contributed by atoms with Gasteiger partial charge in [0.05, 0.1) is 19.2 Å². The topological polar surface area (TPSA) is 131 Å². The normalized spacial score (nSPS) is 28.2. The zero-order valence-corrected chi connectivity index (χ0v) is 30.0. The highest BCUT2D eigenvalue weighted by Gasteiger charge is 2.56. The Morgan fingerprint density at radius 1 is 1.04 bits per heavy atom. The molecule has 3 aliphatic heterocycles. The number of aliphatic hydroxyl groups is 2. The number of ether oxygens (including phenoxy) is 1. The highest BCUT2D eigenvalue weighted by Crippen LogP contribution is 2.46. The van der Waals surface area contributed by atoms with Crippen LogP contribution in [0.3, 0.4) is 0 Å². The smallest absolute Gasteiger partial charge is 0.317 e. The molecule has 0 radical (unpaired) electrons. The molecule has 3 heterocycles. The summed E-state index contributed by atoms with van der Waals surface area (Å²) in [6, 6.07) is 14.8. The molecular weight excluding hydrogens is 627 g/mol. The third kappa shape index (κ3) is 8.91. The van der Waals surface area contributed by atoms with E-state index >= 15 is 0 Å². The summed E-state index contributed by atoms with van der Waals surface area (Å²) < 4.78 is 23.9. The summed E-state index contributed by atoms with van der Waals surface area (Å²) in [5, 5.41) is 26.8. The molecule has 1 aliphatic carbocycles. The van der Waals surface area contributed by atoms with Gasteiger partial charge in [-0.3, -0.25) is 4.57 Å². The number of phosphoric ester groups is 1. The lowest BCUT2D eigenvalue weighted by Gasteiger charge is -2.56. The molecule has 4 N–H and O–H groups in total. The Kier molecular flexibility index (Phi) is 11.5. The van der Waals surface area contributed by atoms with Gasteiger partial charge in [0, 0.05) is 49.4 Å². The van der Waals surface area contributed by atoms with E-state index in [1.807, 2.05) is 51.1 Å². The summed E-state index contributed by atoms with van der Waals surface area (Å²) in [4.78, 5) is 21.5. The number of fused-ring (bicyclic) bond motifs is 3. The van der Waals surface area contributed by atoms with Gasteiger partial charge in [0.1, 0.15) is 18.8 Å². The number of β-amino-alcohol motifs (C(OH)–C–C–N with tert-alkyl or cyclic N) is 1. The molecule has 3 saturated heterocycles. The molecule has 9 nitrogen and oxygen atoms in total. The molecule has 4 atom stereocenters. The van der Waals surface area contributed by atoms with Crippen molar-refractivity contribution in [3.05, 3.63) is 65.2 Å². The number of hydrogen-bond acceptors (Lipinski definition) is 7. The second kappa shape index (κ2) is 14.9. The number of piperidine rings is 3. The summed E-state index contributed by atoms with van der Waals surface area (Å²) in [5.74, 6) is 7.27. The van der Waals surface area contributed by atoms with E-state index < -0.39 is 25.1 Å². The number of nitrogens with zero attached hydrogens (tertiary/aromatic N) is 1. The minimum Gasteiger partial charge on any atom is -0.746 e. The van der Waals surface area contributed by atoms with Gasteiger partial charge in [-0.2, -0.15) is 0 Å². The fourth-order valence-electron chi connectivity index (χ4n) is 8.21. The van der Waals surface area contributed by atoms with Crippen LogP contribution in [0.4, 0.5) is 0 Å². The maximum atomic E-state index is 12.5. The lowest BCUT2D eigenvalue weighted by Crippen LogP contribution is -2.68. The maximum Gasteiger partial charge on any atom is 0.317 e. The van der Waals surface area contributed by atoms with Crippen LogP contribution in [0, 0.1) is 23.7 Å². The number of quaternary nitrogens is 1. The second-order valence-electron chi connectivity index (χ2n) is 15.5. The van der Waals surface area contributed by atoms with Gasteiger partial charge in [-0.05, 0) is 56.9 Å². The lowest BCUT2D eigenvalue weighted by molar-refractivity contribution is -0.961. The Morgan fingerprint density at radius 2 is 1.69 bits per heavy atom. The van der Waals surface area contributed by atoms with Crippen LogP contribution >= 0.6 is 7.82 Å². The standard InChI is InChI=1S/C38H55N2O7P/c1-36(2,3)39-26-34(41)29-17-18-35(47-48(43,44)45)30(25-29)27-40-23-19-31(20-24-40)37(28-40,46-4)21-22-38(42,33-15-11-8-12-16-33)32-13-9-6-5-7-10-14-32/h8,11-12,15-18,25,31-32,34,39,41-42H,5-7,9-10,13-14,19-20,23-24,26-28H2,1-4H3,(H-,43,44,45). The fourth-order valence-corrected chi connectivity index (χ4v) is 8.63. The number of nitrogens with one attached hydrogen (secondary N) is 1. The van der Waals surface area contributed by atoms with Crippen molar-refractivity contribution >= 4 is 7.82 Å². The molecule has 10 heteroatoms. The van der Waals surface area contributed by atoms with Crippen molar-refractivity contribution in [2.24, 2.45) is 11.8 Å². The van der Waals surface area contributed by atoms with Crippen LogP contribution in [0.15, 0.2) is 48.5 Å². The van der Waals surface area contributed by atoms with Gasteiger partial charge < -0.3 is 39.1 Å². The summed E-state index contributed by atoms with van der Waals surface area (Å²) >= 11 is 0. The van der Waals surface area contributed by atoms with Crippen LogP contribution in [-0.2, 0) is 21.4 Å². The maximum absolute atomic E-state index is 12.5. The van der Waals surface area contributed by atoms with E-state index in [9.17, 15) is 24.6 Å². The Balaban J connectivity index is 1.48. The minimum atomic E-state index is -5.08. The summed E-state index contributed by atoms with van der Waals surface area (Å²) in [6.45, 7) is 9.04. The van der Waals surface area contributed by atoms with E-state index in [1.54, 1.807) is 19.2 Å². The largest absolute Gasteiger partial charge is 0.746 e. The molecule has 0 amide bonds. The molecule has 0 spiro atoms. The van der Waals surface area contributed by atoms with E-state index in [0.29, 0.717) is 35.2 Å². The summed E-state index contributed by atoms with van der Waals surface area (Å²) in [7, 11) is -3.37. The van der Waals surface area contributed by atoms with E-state index in [4.69, 9.17) is 9.26 Å². The molecule has 2 bridgehead atoms. The molecule has 4 fully saturated rings. The monoisotopic (exact) mass is 682 g/mol. The van der Waals surface area contributed by atoms with Gasteiger partial charge in [-0.15, -0.1) is 0 Å². The average molecular weight is 683 g/mol. The van der Waals surface area contributed by atoms with Crippen molar-refractivity contribution in [2.75, 3.05) is 33.3 Å². The molecular formula is C38H55N2O7P. The predicted octanol–water partition coefficient (Wildman–Crippen LogP) is 5.32. The SMILES string of the molecule is COC1(C#CC(O)(c2ccccc2)C2CCCCCCC2)C[N+]2(Cc3cc(C(O)CNC(C)(C)C)ccc3OP(=O)([O-])O)CCC1CC2. The third-order valence-corrected chi connectivity index (χ3v) is 11.3. The molecule has 4 aliphatic rings. The second-order valence-corrected chi connectivity index (χ2v) is 16.6. The van der Waals surface area contributed by atoms with Crippen LogP contribution < -0.4 is 14.7 Å². The van der Waals surface area contributed by atoms with Crippen LogP contribution in [-0.4, -0.2) is 64.0 Å². The van der Waals surface area contributed by atoms with Gasteiger partial charge >= 0.3 is 7.82 Å². The van der Waals surface area contributed by atoms with Crippen molar-refractivity contribution in [1.29, 1.82) is 0 Å². The van der Waals surface area contributed by atoms with Crippen LogP contribution in [0.2, 0.25) is 0 Å². The van der Waals surface area contributed by atoms with Crippen LogP contribution in [0.5, 0.6) is 5.75 Å². The Hall–Kier alpha value is -2.25. The third-order valence-electron chi connectivity index (χ3n) is 10.9. The first kappa shape index (κ1) is 37.0. The van der Waals surface area contributed by atoms with Crippen LogP contribution in [0.1, 0.15) is 101 Å². The van der Waals surface area contributed by atoms with Gasteiger partial charge in [-0.25, -0.2) is 0 Å². The molecule has 264 valence electrons. The number of methoxy groups -OCH3 is 1. The minimum absolute atomic E-state index is 0.0220. The van der Waals surface area contributed by atoms with Crippen molar-refractivity contribution in [1.82, 2.24) is 5.32 Å². The number of hydrogen-bond donors (Lipinski definition) is 4. The first-order chi connectivity index (χ1) is 22.7. The molecule has 4 unspecified atom stereocenters. The van der Waals surface area contributed by atoms with Crippen molar-refractivity contribution in [2.45, 2.75) is 108 Å². The molecule has 1 saturated carbocycles. The highest BCUT2D eigenvalue weighted by molar-refractivity contribution is 7.45. The summed E-state index contributed by atoms with van der Waals surface area (Å²) in [5.41, 5.74) is -0.264. The lowest BCUT2D eigenvalue weighted by atomic mass is 9.71. The zero-order valence-electron chi connectivity index (χ0n) is 29.1. The highest BCUT2D eigenvalue weighted by atomic mass is 31.2. The number of benzene rings is 2. The fraction of sp³-hybridized carbons (Fsp3) is 0.632. The van der Waals surface area contributed by atoms with Gasteiger partial charge in [0.2, 0.25) is 0 Å². The first-order valence-corrected chi connectivity index (χ1v) is 19.2. The predicted molar refractivity (Wildman–Crippen MR) is 185 cm³/mol. The Bertz CT molecular complexity index is 1480. The first-order valence-electron chi connectivity index (χ1n) is 17.7. The van der Waals surface area contributed by atoms with Crippen molar-refractivity contribution < 1.29 is 38.3 Å². The van der Waals surface area contributed by atoms with Gasteiger partial charge in [0.15, 0.2) is 11.2 Å². The van der Waals surface area contributed by atoms with E-state index in [1.165, 1.54) is 25.3 Å². The quantitative estimate of drug-likeness (QED) is 0.150. The molecule has 2 aromatic rings. The molecule has 48 heavy (non-hydrogen) atoms. The van der Waals surface area contributed by atoms with Crippen LogP contribution in [0.25, 0.3) is 0 Å². The number of aliphatic hydroxyl groups excluding tert-OH is 1. The molecule has 6 rings (SSSR count). The molecule has 2 aromatic carbocycles. The summed E-state index contributed by atoms with van der Waals surface area (Å²) in [6.07, 6.45) is 8.49. The van der Waals surface area contributed by atoms with Gasteiger partial charge in [-0.1, -0.05) is 80.3 Å². The number of rotatable bonds is 10. The molecule has 0 aromatic heterocycles. The Labute approximate surface area is 286 Å². The van der Waals surface area contributed by atoms with Gasteiger partial charge in [0.25, 0.3) is 0 Å². The van der Waals surface area contributed by atoms with E-state index in [-0.39, 0.29) is 23.1 Å². The van der Waals surface area contributed by atoms with E-state index in [2.05, 4.69) is 17.2 Å². The zero-order chi connectivity index (χ0) is 34.6. The van der Waals surface area contributed by atoms with Crippen molar-refractivity contribution in [3.63, 3.8) is 0 Å².